The van der Waals surface area contributed by atoms with E-state index in [4.69, 9.17) is 12.2 Å². The maximum absolute atomic E-state index is 12.6. The van der Waals surface area contributed by atoms with Crippen LogP contribution in [-0.4, -0.2) is 10.6 Å². The van der Waals surface area contributed by atoms with Crippen LogP contribution < -0.4 is 0 Å². The van der Waals surface area contributed by atoms with Crippen LogP contribution in [0.3, 0.4) is 0 Å². The third-order valence-corrected chi connectivity index (χ3v) is 4.09. The first-order chi connectivity index (χ1) is 9.59. The molecule has 100 valence electrons. The van der Waals surface area contributed by atoms with Crippen molar-refractivity contribution in [1.29, 1.82) is 0 Å². The number of rotatable bonds is 2. The van der Waals surface area contributed by atoms with Crippen molar-refractivity contribution in [3.63, 3.8) is 0 Å². The van der Waals surface area contributed by atoms with Gasteiger partial charge in [-0.2, -0.15) is 0 Å². The van der Waals surface area contributed by atoms with Gasteiger partial charge in [-0.25, -0.2) is 0 Å². The lowest BCUT2D eigenvalue weighted by atomic mass is 9.81. The molecule has 0 saturated heterocycles. The van der Waals surface area contributed by atoms with Gasteiger partial charge in [0, 0.05) is 22.3 Å². The SMILES string of the molecule is CC(C)Cc1cccc2c1C(=S)c1ccccc1C2=O. The molecule has 0 heterocycles. The van der Waals surface area contributed by atoms with Crippen molar-refractivity contribution in [3.8, 4) is 0 Å². The van der Waals surface area contributed by atoms with E-state index in [9.17, 15) is 4.79 Å². The van der Waals surface area contributed by atoms with Gasteiger partial charge in [-0.3, -0.25) is 4.79 Å². The van der Waals surface area contributed by atoms with Crippen LogP contribution in [0.15, 0.2) is 42.5 Å². The molecule has 2 aromatic carbocycles. The van der Waals surface area contributed by atoms with Crippen molar-refractivity contribution in [3.05, 3.63) is 70.3 Å². The lowest BCUT2D eigenvalue weighted by Crippen LogP contribution is -2.22. The van der Waals surface area contributed by atoms with Crippen molar-refractivity contribution in [2.24, 2.45) is 5.92 Å². The smallest absolute Gasteiger partial charge is 0.194 e. The molecule has 0 saturated carbocycles. The van der Waals surface area contributed by atoms with Gasteiger partial charge < -0.3 is 0 Å². The second-order valence-corrected chi connectivity index (χ2v) is 6.05. The highest BCUT2D eigenvalue weighted by atomic mass is 32.1. The molecule has 0 amide bonds. The molecule has 0 atom stereocenters. The van der Waals surface area contributed by atoms with Crippen LogP contribution >= 0.6 is 12.2 Å². The second-order valence-electron chi connectivity index (χ2n) is 5.64. The van der Waals surface area contributed by atoms with Crippen LogP contribution in [-0.2, 0) is 6.42 Å². The number of fused-ring (bicyclic) bond motifs is 2. The first kappa shape index (κ1) is 13.2. The van der Waals surface area contributed by atoms with E-state index in [-0.39, 0.29) is 5.78 Å². The maximum Gasteiger partial charge on any atom is 0.194 e. The fourth-order valence-corrected chi connectivity index (χ4v) is 3.25. The van der Waals surface area contributed by atoms with Crippen molar-refractivity contribution in [1.82, 2.24) is 0 Å². The van der Waals surface area contributed by atoms with Crippen LogP contribution in [0.25, 0.3) is 0 Å². The summed E-state index contributed by atoms with van der Waals surface area (Å²) in [7, 11) is 0. The number of ketones is 1. The molecule has 1 aliphatic rings. The number of hydrogen-bond acceptors (Lipinski definition) is 2. The summed E-state index contributed by atoms with van der Waals surface area (Å²) in [6.45, 7) is 4.36. The lowest BCUT2D eigenvalue weighted by molar-refractivity contribution is 0.103. The van der Waals surface area contributed by atoms with Crippen molar-refractivity contribution in [2.75, 3.05) is 0 Å². The second kappa shape index (κ2) is 4.95. The van der Waals surface area contributed by atoms with E-state index in [1.165, 1.54) is 5.56 Å². The van der Waals surface area contributed by atoms with Gasteiger partial charge in [-0.15, -0.1) is 0 Å². The Labute approximate surface area is 124 Å². The molecule has 2 heteroatoms. The van der Waals surface area contributed by atoms with Crippen LogP contribution in [0, 0.1) is 5.92 Å². The third-order valence-electron chi connectivity index (χ3n) is 3.67. The summed E-state index contributed by atoms with van der Waals surface area (Å²) >= 11 is 5.66. The number of benzene rings is 2. The first-order valence-electron chi connectivity index (χ1n) is 6.90. The normalized spacial score (nSPS) is 13.3. The predicted octanol–water partition coefficient (Wildman–Crippen LogP) is 4.20. The fraction of sp³-hybridized carbons (Fsp3) is 0.222. The molecule has 2 aromatic rings. The zero-order valence-corrected chi connectivity index (χ0v) is 12.5. The number of carbonyl (C=O) groups is 1. The Morgan fingerprint density at radius 1 is 0.950 bits per heavy atom. The van der Waals surface area contributed by atoms with Gasteiger partial charge in [-0.05, 0) is 17.9 Å². The summed E-state index contributed by atoms with van der Waals surface area (Å²) < 4.78 is 0. The molecule has 0 fully saturated rings. The summed E-state index contributed by atoms with van der Waals surface area (Å²) in [4.78, 5) is 13.4. The molecule has 1 aliphatic carbocycles. The monoisotopic (exact) mass is 280 g/mol. The summed E-state index contributed by atoms with van der Waals surface area (Å²) in [5.41, 5.74) is 4.54. The van der Waals surface area contributed by atoms with Crippen LogP contribution in [0.5, 0.6) is 0 Å². The lowest BCUT2D eigenvalue weighted by Gasteiger charge is -2.22. The molecule has 0 unspecified atom stereocenters. The van der Waals surface area contributed by atoms with E-state index in [0.717, 1.165) is 33.5 Å². The number of carbonyl (C=O) groups excluding carboxylic acids is 1. The summed E-state index contributed by atoms with van der Waals surface area (Å²) in [5.74, 6) is 0.631. The minimum atomic E-state index is 0.0924. The molecule has 0 N–H and O–H groups in total. The highest BCUT2D eigenvalue weighted by Gasteiger charge is 2.28. The van der Waals surface area contributed by atoms with E-state index < -0.39 is 0 Å². The molecule has 3 rings (SSSR count). The third kappa shape index (κ3) is 2.01. The van der Waals surface area contributed by atoms with E-state index in [1.807, 2.05) is 36.4 Å². The van der Waals surface area contributed by atoms with Gasteiger partial charge in [0.1, 0.15) is 0 Å². The van der Waals surface area contributed by atoms with Gasteiger partial charge in [-0.1, -0.05) is 68.5 Å². The van der Waals surface area contributed by atoms with E-state index in [2.05, 4.69) is 19.9 Å². The van der Waals surface area contributed by atoms with Gasteiger partial charge in [0.15, 0.2) is 5.78 Å². The highest BCUT2D eigenvalue weighted by Crippen LogP contribution is 2.31. The fourth-order valence-electron chi connectivity index (χ4n) is 2.83. The average Bonchev–Trinajstić information content (AvgIpc) is 2.44. The van der Waals surface area contributed by atoms with Crippen LogP contribution in [0.2, 0.25) is 0 Å². The molecule has 0 aromatic heterocycles. The molecule has 20 heavy (non-hydrogen) atoms. The Morgan fingerprint density at radius 2 is 1.60 bits per heavy atom. The van der Waals surface area contributed by atoms with Crippen molar-refractivity contribution in [2.45, 2.75) is 20.3 Å². The minimum Gasteiger partial charge on any atom is -0.289 e. The molecule has 0 aliphatic heterocycles. The Hall–Kier alpha value is -1.80. The molecular formula is C18H16OS. The molecular weight excluding hydrogens is 264 g/mol. The predicted molar refractivity (Wildman–Crippen MR) is 85.7 cm³/mol. The maximum atomic E-state index is 12.6. The van der Waals surface area contributed by atoms with E-state index >= 15 is 0 Å². The summed E-state index contributed by atoms with van der Waals surface area (Å²) in [6, 6.07) is 13.6. The van der Waals surface area contributed by atoms with Gasteiger partial charge in [0.25, 0.3) is 0 Å². The zero-order valence-electron chi connectivity index (χ0n) is 11.6. The zero-order chi connectivity index (χ0) is 14.3. The molecule has 1 nitrogen and oxygen atoms in total. The average molecular weight is 280 g/mol. The minimum absolute atomic E-state index is 0.0924. The van der Waals surface area contributed by atoms with Gasteiger partial charge in [0.05, 0.1) is 4.86 Å². The molecule has 0 bridgehead atoms. The molecule has 0 radical (unpaired) electrons. The molecule has 0 spiro atoms. The van der Waals surface area contributed by atoms with Gasteiger partial charge in [0.2, 0.25) is 0 Å². The first-order valence-corrected chi connectivity index (χ1v) is 7.30. The van der Waals surface area contributed by atoms with Crippen molar-refractivity contribution >= 4 is 22.9 Å². The Kier molecular flexibility index (Phi) is 3.27. The van der Waals surface area contributed by atoms with Crippen LogP contribution in [0.1, 0.15) is 46.5 Å². The van der Waals surface area contributed by atoms with E-state index in [0.29, 0.717) is 5.92 Å². The quantitative estimate of drug-likeness (QED) is 0.655. The van der Waals surface area contributed by atoms with Gasteiger partial charge >= 0.3 is 0 Å². The Morgan fingerprint density at radius 3 is 2.30 bits per heavy atom. The van der Waals surface area contributed by atoms with E-state index in [1.54, 1.807) is 0 Å². The van der Waals surface area contributed by atoms with Crippen LogP contribution in [0.4, 0.5) is 0 Å². The number of hydrogen-bond donors (Lipinski definition) is 0. The summed E-state index contributed by atoms with van der Waals surface area (Å²) in [6.07, 6.45) is 0.943. The number of thiocarbonyl (C=S) groups is 1. The Bertz CT molecular complexity index is 713. The Balaban J connectivity index is 2.23. The summed E-state index contributed by atoms with van der Waals surface area (Å²) in [5, 5.41) is 0. The topological polar surface area (TPSA) is 17.1 Å². The standard InChI is InChI=1S/C18H16OS/c1-11(2)10-12-6-5-9-15-16(12)18(20)14-8-4-3-7-13(14)17(15)19/h3-9,11H,10H2,1-2H3. The van der Waals surface area contributed by atoms with Crippen molar-refractivity contribution < 1.29 is 4.79 Å². The highest BCUT2D eigenvalue weighted by molar-refractivity contribution is 7.81. The largest absolute Gasteiger partial charge is 0.289 e.